The molecule has 2 atom stereocenters. The molecule has 18 heavy (non-hydrogen) atoms. The lowest BCUT2D eigenvalue weighted by Crippen LogP contribution is -2.21. The fourth-order valence-electron chi connectivity index (χ4n) is 2.86. The quantitative estimate of drug-likeness (QED) is 0.546. The van der Waals surface area contributed by atoms with Crippen LogP contribution in [0.1, 0.15) is 44.9 Å². The molecule has 0 aromatic heterocycles. The molecule has 0 aromatic carbocycles. The molecular weight excluding hydrogens is 228 g/mol. The van der Waals surface area contributed by atoms with Gasteiger partial charge in [-0.2, -0.15) is 0 Å². The van der Waals surface area contributed by atoms with Crippen LogP contribution in [0.5, 0.6) is 0 Å². The first-order chi connectivity index (χ1) is 8.79. The first kappa shape index (κ1) is 13.2. The average Bonchev–Trinajstić information content (AvgIpc) is 2.75. The van der Waals surface area contributed by atoms with Crippen molar-refractivity contribution >= 4 is 6.16 Å². The summed E-state index contributed by atoms with van der Waals surface area (Å²) < 4.78 is 10.3. The summed E-state index contributed by atoms with van der Waals surface area (Å²) in [5.74, 6) is 0.807. The maximum atomic E-state index is 11.2. The summed E-state index contributed by atoms with van der Waals surface area (Å²) in [6.45, 7) is 3.62. The molecule has 1 heterocycles. The third-order valence-electron chi connectivity index (χ3n) is 3.87. The molecule has 2 aliphatic rings. The predicted octanol–water partition coefficient (Wildman–Crippen LogP) is 3.99. The Morgan fingerprint density at radius 2 is 1.94 bits per heavy atom. The minimum atomic E-state index is -0.539. The number of carbonyl (C=O) groups is 1. The van der Waals surface area contributed by atoms with E-state index in [9.17, 15) is 4.79 Å². The Hall–Kier alpha value is -1.25. The fourth-order valence-corrected chi connectivity index (χ4v) is 2.86. The van der Waals surface area contributed by atoms with E-state index in [4.69, 9.17) is 9.47 Å². The van der Waals surface area contributed by atoms with Crippen LogP contribution in [0, 0.1) is 5.92 Å². The van der Waals surface area contributed by atoms with Crippen molar-refractivity contribution in [1.82, 2.24) is 0 Å². The number of hydrogen-bond acceptors (Lipinski definition) is 3. The second kappa shape index (κ2) is 6.62. The van der Waals surface area contributed by atoms with Gasteiger partial charge in [-0.3, -0.25) is 0 Å². The molecule has 2 rings (SSSR count). The Morgan fingerprint density at radius 3 is 2.67 bits per heavy atom. The molecule has 1 aliphatic carbocycles. The summed E-state index contributed by atoms with van der Waals surface area (Å²) in [5, 5.41) is 0. The highest BCUT2D eigenvalue weighted by Gasteiger charge is 2.34. The van der Waals surface area contributed by atoms with Crippen LogP contribution in [0.4, 0.5) is 4.79 Å². The summed E-state index contributed by atoms with van der Waals surface area (Å²) in [7, 11) is 0. The van der Waals surface area contributed by atoms with Gasteiger partial charge in [0.25, 0.3) is 0 Å². The SMILES string of the molecule is C=C/C=C/C1OC(=O)OC1CCC1CCCCC1. The molecular formula is C15H22O3. The van der Waals surface area contributed by atoms with Gasteiger partial charge in [-0.1, -0.05) is 50.8 Å². The van der Waals surface area contributed by atoms with Gasteiger partial charge in [-0.25, -0.2) is 4.79 Å². The second-order valence-electron chi connectivity index (χ2n) is 5.19. The lowest BCUT2D eigenvalue weighted by atomic mass is 9.85. The van der Waals surface area contributed by atoms with Gasteiger partial charge in [-0.15, -0.1) is 0 Å². The Bertz CT molecular complexity index is 316. The molecule has 1 saturated heterocycles. The van der Waals surface area contributed by atoms with E-state index < -0.39 is 6.16 Å². The topological polar surface area (TPSA) is 35.5 Å². The van der Waals surface area contributed by atoms with Crippen molar-refractivity contribution in [1.29, 1.82) is 0 Å². The van der Waals surface area contributed by atoms with Gasteiger partial charge in [-0.05, 0) is 24.8 Å². The number of allylic oxidation sites excluding steroid dienone is 2. The molecule has 3 nitrogen and oxygen atoms in total. The van der Waals surface area contributed by atoms with Gasteiger partial charge in [0.1, 0.15) is 6.10 Å². The molecule has 0 spiro atoms. The second-order valence-corrected chi connectivity index (χ2v) is 5.19. The summed E-state index contributed by atoms with van der Waals surface area (Å²) in [4.78, 5) is 11.2. The fraction of sp³-hybridized carbons (Fsp3) is 0.667. The molecule has 2 fully saturated rings. The van der Waals surface area contributed by atoms with Crippen LogP contribution in [0.3, 0.4) is 0 Å². The van der Waals surface area contributed by atoms with E-state index in [1.54, 1.807) is 12.2 Å². The molecule has 3 heteroatoms. The van der Waals surface area contributed by atoms with E-state index in [2.05, 4.69) is 6.58 Å². The third kappa shape index (κ3) is 3.62. The average molecular weight is 250 g/mol. The standard InChI is InChI=1S/C15H22O3/c1-2-3-9-13-14(18-15(16)17-13)11-10-12-7-5-4-6-8-12/h2-3,9,12-14H,1,4-8,10-11H2/b9-3+. The summed E-state index contributed by atoms with van der Waals surface area (Å²) in [6.07, 6.45) is 13.2. The number of ether oxygens (including phenoxy) is 2. The van der Waals surface area contributed by atoms with Crippen molar-refractivity contribution in [3.8, 4) is 0 Å². The van der Waals surface area contributed by atoms with Crippen LogP contribution < -0.4 is 0 Å². The van der Waals surface area contributed by atoms with E-state index >= 15 is 0 Å². The van der Waals surface area contributed by atoms with Crippen LogP contribution in [0.15, 0.2) is 24.8 Å². The molecule has 0 aromatic rings. The Morgan fingerprint density at radius 1 is 1.17 bits per heavy atom. The number of cyclic esters (lactones) is 2. The predicted molar refractivity (Wildman–Crippen MR) is 70.3 cm³/mol. The zero-order chi connectivity index (χ0) is 12.8. The smallest absolute Gasteiger partial charge is 0.427 e. The van der Waals surface area contributed by atoms with Crippen LogP contribution >= 0.6 is 0 Å². The Kier molecular flexibility index (Phi) is 4.85. The van der Waals surface area contributed by atoms with Gasteiger partial charge < -0.3 is 9.47 Å². The summed E-state index contributed by atoms with van der Waals surface area (Å²) in [6, 6.07) is 0. The van der Waals surface area contributed by atoms with E-state index in [-0.39, 0.29) is 12.2 Å². The van der Waals surface area contributed by atoms with E-state index in [1.807, 2.05) is 6.08 Å². The first-order valence-electron chi connectivity index (χ1n) is 6.96. The highest BCUT2D eigenvalue weighted by Crippen LogP contribution is 2.30. The van der Waals surface area contributed by atoms with Gasteiger partial charge in [0.15, 0.2) is 6.10 Å². The largest absolute Gasteiger partial charge is 0.509 e. The van der Waals surface area contributed by atoms with Crippen molar-refractivity contribution in [2.75, 3.05) is 0 Å². The minimum Gasteiger partial charge on any atom is -0.427 e. The molecule has 1 saturated carbocycles. The lowest BCUT2D eigenvalue weighted by molar-refractivity contribution is 0.113. The molecule has 0 amide bonds. The minimum absolute atomic E-state index is 0.115. The van der Waals surface area contributed by atoms with Gasteiger partial charge in [0, 0.05) is 0 Å². The van der Waals surface area contributed by atoms with Crippen molar-refractivity contribution in [3.63, 3.8) is 0 Å². The monoisotopic (exact) mass is 250 g/mol. The Balaban J connectivity index is 1.80. The molecule has 100 valence electrons. The molecule has 0 radical (unpaired) electrons. The van der Waals surface area contributed by atoms with E-state index in [1.165, 1.54) is 32.1 Å². The normalized spacial score (nSPS) is 29.2. The highest BCUT2D eigenvalue weighted by atomic mass is 16.8. The van der Waals surface area contributed by atoms with Crippen molar-refractivity contribution < 1.29 is 14.3 Å². The van der Waals surface area contributed by atoms with E-state index in [0.717, 1.165) is 18.8 Å². The summed E-state index contributed by atoms with van der Waals surface area (Å²) >= 11 is 0. The first-order valence-corrected chi connectivity index (χ1v) is 6.96. The van der Waals surface area contributed by atoms with Crippen molar-refractivity contribution in [2.24, 2.45) is 5.92 Å². The van der Waals surface area contributed by atoms with Crippen LogP contribution in [-0.4, -0.2) is 18.4 Å². The van der Waals surface area contributed by atoms with Crippen LogP contribution in [0.25, 0.3) is 0 Å². The number of hydrogen-bond donors (Lipinski definition) is 0. The number of rotatable bonds is 5. The zero-order valence-electron chi connectivity index (χ0n) is 10.8. The maximum absolute atomic E-state index is 11.2. The molecule has 0 bridgehead atoms. The Labute approximate surface area is 109 Å². The van der Waals surface area contributed by atoms with Gasteiger partial charge in [0.2, 0.25) is 0 Å². The van der Waals surface area contributed by atoms with Gasteiger partial charge >= 0.3 is 6.16 Å². The van der Waals surface area contributed by atoms with E-state index in [0.29, 0.717) is 0 Å². The lowest BCUT2D eigenvalue weighted by Gasteiger charge is -2.22. The van der Waals surface area contributed by atoms with Crippen LogP contribution in [0.2, 0.25) is 0 Å². The third-order valence-corrected chi connectivity index (χ3v) is 3.87. The maximum Gasteiger partial charge on any atom is 0.509 e. The molecule has 0 N–H and O–H groups in total. The van der Waals surface area contributed by atoms with Crippen molar-refractivity contribution in [2.45, 2.75) is 57.2 Å². The molecule has 2 unspecified atom stereocenters. The summed E-state index contributed by atoms with van der Waals surface area (Å²) in [5.41, 5.74) is 0. The van der Waals surface area contributed by atoms with Gasteiger partial charge in [0.05, 0.1) is 0 Å². The molecule has 1 aliphatic heterocycles. The number of carbonyl (C=O) groups excluding carboxylic acids is 1. The zero-order valence-corrected chi connectivity index (χ0v) is 10.8. The van der Waals surface area contributed by atoms with Crippen molar-refractivity contribution in [3.05, 3.63) is 24.8 Å². The highest BCUT2D eigenvalue weighted by molar-refractivity contribution is 5.63. The van der Waals surface area contributed by atoms with Crippen LogP contribution in [-0.2, 0) is 9.47 Å².